The summed E-state index contributed by atoms with van der Waals surface area (Å²) in [7, 11) is 0. The molecule has 0 bridgehead atoms. The van der Waals surface area contributed by atoms with Crippen LogP contribution in [0.4, 0.5) is 8.78 Å². The Hall–Kier alpha value is -1.81. The first-order chi connectivity index (χ1) is 8.08. The second-order valence-corrected chi connectivity index (χ2v) is 3.92. The lowest BCUT2D eigenvalue weighted by atomic mass is 10.0. The van der Waals surface area contributed by atoms with Crippen LogP contribution in [0.15, 0.2) is 36.7 Å². The van der Waals surface area contributed by atoms with E-state index in [1.165, 1.54) is 18.3 Å². The van der Waals surface area contributed by atoms with E-state index in [9.17, 15) is 8.78 Å². The minimum absolute atomic E-state index is 0.198. The minimum atomic E-state index is -0.492. The number of rotatable bonds is 2. The molecule has 0 fully saturated rings. The first kappa shape index (κ1) is 11.7. The summed E-state index contributed by atoms with van der Waals surface area (Å²) >= 11 is 0. The van der Waals surface area contributed by atoms with Crippen LogP contribution in [0.5, 0.6) is 0 Å². The Labute approximate surface area is 98.1 Å². The molecule has 1 unspecified atom stereocenters. The first-order valence-electron chi connectivity index (χ1n) is 5.24. The number of hydrogen-bond acceptors (Lipinski definition) is 2. The van der Waals surface area contributed by atoms with E-state index in [1.807, 2.05) is 0 Å². The molecule has 1 atom stereocenters. The molecule has 0 spiro atoms. The molecule has 1 heterocycles. The van der Waals surface area contributed by atoms with Gasteiger partial charge < -0.3 is 5.73 Å². The highest BCUT2D eigenvalue weighted by molar-refractivity contribution is 5.64. The van der Waals surface area contributed by atoms with E-state index in [-0.39, 0.29) is 6.04 Å². The van der Waals surface area contributed by atoms with Crippen molar-refractivity contribution in [2.24, 2.45) is 5.73 Å². The fourth-order valence-electron chi connectivity index (χ4n) is 1.61. The molecule has 2 rings (SSSR count). The van der Waals surface area contributed by atoms with Gasteiger partial charge in [-0.15, -0.1) is 0 Å². The van der Waals surface area contributed by atoms with Crippen molar-refractivity contribution in [3.05, 3.63) is 53.9 Å². The monoisotopic (exact) mass is 234 g/mol. The molecular weight excluding hydrogens is 222 g/mol. The van der Waals surface area contributed by atoms with Gasteiger partial charge in [0.25, 0.3) is 0 Å². The lowest BCUT2D eigenvalue weighted by Gasteiger charge is -2.09. The fraction of sp³-hybridized carbons (Fsp3) is 0.154. The standard InChI is InChI=1S/C13H12F2N2/c1-8(16)9-2-3-13(15)12(5-9)10-4-11(14)7-17-6-10/h2-8H,16H2,1H3. The molecule has 17 heavy (non-hydrogen) atoms. The maximum absolute atomic E-state index is 13.7. The topological polar surface area (TPSA) is 38.9 Å². The van der Waals surface area contributed by atoms with Crippen LogP contribution in [0.3, 0.4) is 0 Å². The third-order valence-corrected chi connectivity index (χ3v) is 2.53. The van der Waals surface area contributed by atoms with Gasteiger partial charge >= 0.3 is 0 Å². The van der Waals surface area contributed by atoms with E-state index in [1.54, 1.807) is 19.1 Å². The Morgan fingerprint density at radius 1 is 1.18 bits per heavy atom. The van der Waals surface area contributed by atoms with Gasteiger partial charge in [0.1, 0.15) is 11.6 Å². The smallest absolute Gasteiger partial charge is 0.142 e. The predicted octanol–water partition coefficient (Wildman–Crippen LogP) is 3.05. The van der Waals surface area contributed by atoms with Crippen molar-refractivity contribution in [2.45, 2.75) is 13.0 Å². The van der Waals surface area contributed by atoms with Crippen LogP contribution in [-0.2, 0) is 0 Å². The Balaban J connectivity index is 2.54. The summed E-state index contributed by atoms with van der Waals surface area (Å²) < 4.78 is 26.7. The summed E-state index contributed by atoms with van der Waals surface area (Å²) in [6.45, 7) is 1.81. The molecule has 4 heteroatoms. The number of halogens is 2. The average Bonchev–Trinajstić information content (AvgIpc) is 2.29. The second kappa shape index (κ2) is 4.59. The summed E-state index contributed by atoms with van der Waals surface area (Å²) in [4.78, 5) is 3.70. The number of pyridine rings is 1. The van der Waals surface area contributed by atoms with E-state index in [0.717, 1.165) is 11.8 Å². The Morgan fingerprint density at radius 3 is 2.59 bits per heavy atom. The molecule has 2 N–H and O–H groups in total. The van der Waals surface area contributed by atoms with Gasteiger partial charge in [0.05, 0.1) is 6.20 Å². The fourth-order valence-corrected chi connectivity index (χ4v) is 1.61. The Bertz CT molecular complexity index is 539. The molecule has 0 amide bonds. The van der Waals surface area contributed by atoms with E-state index in [2.05, 4.69) is 4.98 Å². The van der Waals surface area contributed by atoms with Gasteiger partial charge in [-0.2, -0.15) is 0 Å². The SMILES string of the molecule is CC(N)c1ccc(F)c(-c2cncc(F)c2)c1. The molecular formula is C13H12F2N2. The van der Waals surface area contributed by atoms with E-state index in [4.69, 9.17) is 5.73 Å². The second-order valence-electron chi connectivity index (χ2n) is 3.92. The van der Waals surface area contributed by atoms with Gasteiger partial charge in [0.15, 0.2) is 0 Å². The molecule has 88 valence electrons. The van der Waals surface area contributed by atoms with Crippen molar-refractivity contribution >= 4 is 0 Å². The summed E-state index contributed by atoms with van der Waals surface area (Å²) in [5.41, 5.74) is 7.24. The Morgan fingerprint density at radius 2 is 1.94 bits per heavy atom. The van der Waals surface area contributed by atoms with E-state index >= 15 is 0 Å². The highest BCUT2D eigenvalue weighted by Gasteiger charge is 2.09. The van der Waals surface area contributed by atoms with E-state index < -0.39 is 11.6 Å². The summed E-state index contributed by atoms with van der Waals surface area (Å²) in [6, 6.07) is 5.62. The zero-order chi connectivity index (χ0) is 12.4. The first-order valence-corrected chi connectivity index (χ1v) is 5.24. The van der Waals surface area contributed by atoms with Crippen molar-refractivity contribution in [3.63, 3.8) is 0 Å². The molecule has 1 aromatic carbocycles. The molecule has 0 aliphatic carbocycles. The average molecular weight is 234 g/mol. The zero-order valence-electron chi connectivity index (χ0n) is 9.32. The van der Waals surface area contributed by atoms with Crippen LogP contribution >= 0.6 is 0 Å². The Kier molecular flexibility index (Phi) is 3.15. The van der Waals surface area contributed by atoms with Gasteiger partial charge in [-0.05, 0) is 30.7 Å². The molecule has 0 aliphatic rings. The molecule has 0 radical (unpaired) electrons. The van der Waals surface area contributed by atoms with Gasteiger partial charge in [-0.1, -0.05) is 6.07 Å². The van der Waals surface area contributed by atoms with Crippen molar-refractivity contribution in [1.82, 2.24) is 4.98 Å². The summed E-state index contributed by atoms with van der Waals surface area (Å²) in [6.07, 6.45) is 2.50. The number of nitrogens with zero attached hydrogens (tertiary/aromatic N) is 1. The van der Waals surface area contributed by atoms with Gasteiger partial charge in [-0.3, -0.25) is 4.98 Å². The summed E-state index contributed by atoms with van der Waals surface area (Å²) in [5.74, 6) is -0.907. The summed E-state index contributed by atoms with van der Waals surface area (Å²) in [5, 5.41) is 0. The largest absolute Gasteiger partial charge is 0.324 e. The number of benzene rings is 1. The molecule has 1 aromatic heterocycles. The van der Waals surface area contributed by atoms with Gasteiger partial charge in [0.2, 0.25) is 0 Å². The maximum atomic E-state index is 13.7. The molecule has 0 aliphatic heterocycles. The third-order valence-electron chi connectivity index (χ3n) is 2.53. The molecule has 2 nitrogen and oxygen atoms in total. The van der Waals surface area contributed by atoms with Crippen molar-refractivity contribution in [3.8, 4) is 11.1 Å². The lowest BCUT2D eigenvalue weighted by molar-refractivity contribution is 0.619. The predicted molar refractivity (Wildman–Crippen MR) is 62.2 cm³/mol. The van der Waals surface area contributed by atoms with Crippen molar-refractivity contribution < 1.29 is 8.78 Å². The van der Waals surface area contributed by atoms with Crippen LogP contribution < -0.4 is 5.73 Å². The van der Waals surface area contributed by atoms with E-state index in [0.29, 0.717) is 11.1 Å². The van der Waals surface area contributed by atoms with Crippen LogP contribution in [0, 0.1) is 11.6 Å². The van der Waals surface area contributed by atoms with Crippen LogP contribution in [0.25, 0.3) is 11.1 Å². The quantitative estimate of drug-likeness (QED) is 0.867. The van der Waals surface area contributed by atoms with Crippen molar-refractivity contribution in [2.75, 3.05) is 0 Å². The minimum Gasteiger partial charge on any atom is -0.324 e. The van der Waals surface area contributed by atoms with Crippen LogP contribution in [0.1, 0.15) is 18.5 Å². The third kappa shape index (κ3) is 2.47. The van der Waals surface area contributed by atoms with Crippen LogP contribution in [-0.4, -0.2) is 4.98 Å². The van der Waals surface area contributed by atoms with Crippen molar-refractivity contribution in [1.29, 1.82) is 0 Å². The molecule has 0 saturated heterocycles. The zero-order valence-corrected chi connectivity index (χ0v) is 9.32. The molecule has 0 saturated carbocycles. The highest BCUT2D eigenvalue weighted by atomic mass is 19.1. The molecule has 2 aromatic rings. The maximum Gasteiger partial charge on any atom is 0.142 e. The van der Waals surface area contributed by atoms with Gasteiger partial charge in [0, 0.05) is 23.4 Å². The van der Waals surface area contributed by atoms with Gasteiger partial charge in [-0.25, -0.2) is 8.78 Å². The number of hydrogen-bond donors (Lipinski definition) is 1. The lowest BCUT2D eigenvalue weighted by Crippen LogP contribution is -2.05. The normalized spacial score (nSPS) is 12.5. The number of aromatic nitrogens is 1. The number of nitrogens with two attached hydrogens (primary N) is 1. The highest BCUT2D eigenvalue weighted by Crippen LogP contribution is 2.25. The van der Waals surface area contributed by atoms with Crippen LogP contribution in [0.2, 0.25) is 0 Å².